The zero-order valence-electron chi connectivity index (χ0n) is 74.1. The van der Waals surface area contributed by atoms with E-state index in [9.17, 15) is 37.0 Å². The lowest BCUT2D eigenvalue weighted by Gasteiger charge is -2.37. The molecule has 6 aliphatic rings. The van der Waals surface area contributed by atoms with Crippen LogP contribution in [0.25, 0.3) is 0 Å². The third-order valence-corrected chi connectivity index (χ3v) is 24.2. The predicted molar refractivity (Wildman–Crippen MR) is 454 cm³/mol. The summed E-state index contributed by atoms with van der Waals surface area (Å²) in [5.41, 5.74) is 3.62. The summed E-state index contributed by atoms with van der Waals surface area (Å²) in [5.74, 6) is 2.40. The van der Waals surface area contributed by atoms with E-state index in [0.29, 0.717) is 61.9 Å². The second kappa shape index (κ2) is 47.9. The first-order valence-electron chi connectivity index (χ1n) is 39.1. The van der Waals surface area contributed by atoms with E-state index in [0.717, 1.165) is 51.1 Å². The Balaban J connectivity index is 0.000000672. The molecule has 114 heavy (non-hydrogen) atoms. The maximum absolute atomic E-state index is 12.6. The summed E-state index contributed by atoms with van der Waals surface area (Å²) in [5, 5.41) is 0. The average Bonchev–Trinajstić information content (AvgIpc) is 0.715. The van der Waals surface area contributed by atoms with Gasteiger partial charge < -0.3 is 27.7 Å². The van der Waals surface area contributed by atoms with Crippen LogP contribution < -0.4 is 22.8 Å². The number of carbonyl (C=O) groups excluding carboxylic acids is 2. The summed E-state index contributed by atoms with van der Waals surface area (Å²) in [6, 6.07) is 33.6. The first-order valence-corrected chi connectivity index (χ1v) is 47.9. The zero-order valence-corrected chi connectivity index (χ0v) is 79.5. The summed E-state index contributed by atoms with van der Waals surface area (Å²) in [6.07, 6.45) is 2.65. The van der Waals surface area contributed by atoms with Crippen molar-refractivity contribution in [2.45, 2.75) is 319 Å². The number of nitrogens with zero attached hydrogens (tertiary/aromatic N) is 1. The number of phosphoric acid groups is 5. The van der Waals surface area contributed by atoms with Crippen LogP contribution in [0.3, 0.4) is 0 Å². The van der Waals surface area contributed by atoms with Crippen LogP contribution in [0.15, 0.2) is 109 Å². The highest BCUT2D eigenvalue weighted by molar-refractivity contribution is 7.55. The van der Waals surface area contributed by atoms with Crippen molar-refractivity contribution in [1.29, 1.82) is 0 Å². The van der Waals surface area contributed by atoms with E-state index < -0.39 is 80.5 Å². The number of Topliss-reactive ketones (excluding diaryl/α,β-unsaturated/α-hetero) is 2. The van der Waals surface area contributed by atoms with Crippen molar-refractivity contribution in [3.05, 3.63) is 148 Å². The molecule has 0 spiro atoms. The molecule has 0 saturated carbocycles. The van der Waals surface area contributed by atoms with Crippen LogP contribution >= 0.6 is 46.9 Å². The number of benzene rings is 5. The molecule has 0 bridgehead atoms. The predicted octanol–water partition coefficient (Wildman–Crippen LogP) is 26.6. The Labute approximate surface area is 683 Å². The Bertz CT molecular complexity index is 3860. The van der Waals surface area contributed by atoms with E-state index in [-0.39, 0.29) is 44.1 Å². The molecular weight excluding hydrogens is 1580 g/mol. The molecule has 5 aromatic rings. The lowest BCUT2D eigenvalue weighted by atomic mass is 10.0. The smallest absolute Gasteiger partial charge is 0.404 e. The summed E-state index contributed by atoms with van der Waals surface area (Å²) < 4.78 is 166. The molecule has 6 heterocycles. The molecule has 1 fully saturated rings. The van der Waals surface area contributed by atoms with E-state index in [4.69, 9.17) is 76.9 Å². The first-order chi connectivity index (χ1) is 52.8. The van der Waals surface area contributed by atoms with Gasteiger partial charge in [-0.05, 0) is 194 Å². The molecule has 11 rings (SSSR count). The van der Waals surface area contributed by atoms with E-state index in [1.807, 2.05) is 215 Å². The molecule has 1 saturated heterocycles. The van der Waals surface area contributed by atoms with Crippen LogP contribution in [0.2, 0.25) is 0 Å². The highest BCUT2D eigenvalue weighted by Crippen LogP contribution is 2.63. The summed E-state index contributed by atoms with van der Waals surface area (Å²) in [7, 11) is -19.0. The monoisotopic (exact) mass is 1720 g/mol. The van der Waals surface area contributed by atoms with Crippen molar-refractivity contribution in [3.63, 3.8) is 0 Å². The van der Waals surface area contributed by atoms with Gasteiger partial charge in [0.15, 0.2) is 0 Å². The van der Waals surface area contributed by atoms with Crippen LogP contribution in [0.5, 0.6) is 23.0 Å². The van der Waals surface area contributed by atoms with Gasteiger partial charge in [-0.15, -0.1) is 0 Å². The van der Waals surface area contributed by atoms with Gasteiger partial charge in [0.2, 0.25) is 0 Å². The number of para-hydroxylation sites is 5. The van der Waals surface area contributed by atoms with Crippen LogP contribution in [0.4, 0.5) is 5.69 Å². The second-order valence-corrected chi connectivity index (χ2v) is 40.4. The van der Waals surface area contributed by atoms with Gasteiger partial charge in [0.25, 0.3) is 0 Å². The minimum Gasteiger partial charge on any atom is -0.404 e. The van der Waals surface area contributed by atoms with Gasteiger partial charge in [-0.2, -0.15) is 0 Å². The SMILES string of the molecule is CC.CC.CC.CC.CC.CC(=O)CCc1cccc2c1OP(=O)(OC(C)(C)C)OC2.CC(=O)CCc1cccc2c1OP(=O)(OC(C)(C)C)OC2.CC(C)(C)OP1(=O)OCc2ccccc2O1.CC(C)(C)OP1(=O)OCc2ccccc2O1.CC1CCOP(=O)(OC(C)(C)C)O1.CN1c2ccccc2COP1(=O)OC(C)(C)C. The third-order valence-electron chi connectivity index (χ3n) is 13.6. The molecule has 0 radical (unpaired) electrons. The molecule has 32 heteroatoms. The fourth-order valence-corrected chi connectivity index (χ4v) is 19.3. The van der Waals surface area contributed by atoms with Crippen molar-refractivity contribution in [1.82, 2.24) is 0 Å². The Morgan fingerprint density at radius 2 is 0.658 bits per heavy atom. The van der Waals surface area contributed by atoms with E-state index in [2.05, 4.69) is 0 Å². The number of ketones is 2. The Kier molecular flexibility index (Phi) is 45.1. The molecule has 0 aliphatic carbocycles. The van der Waals surface area contributed by atoms with Crippen molar-refractivity contribution < 1.29 is 114 Å². The van der Waals surface area contributed by atoms with Gasteiger partial charge in [-0.1, -0.05) is 160 Å². The third kappa shape index (κ3) is 39.9. The molecule has 0 amide bonds. The number of anilines is 1. The van der Waals surface area contributed by atoms with Gasteiger partial charge in [-0.25, -0.2) is 27.4 Å². The Hall–Kier alpha value is -4.70. The molecule has 6 aliphatic heterocycles. The quantitative estimate of drug-likeness (QED) is 0.105. The van der Waals surface area contributed by atoms with Gasteiger partial charge in [0.05, 0.1) is 85.0 Å². The maximum atomic E-state index is 12.6. The summed E-state index contributed by atoms with van der Waals surface area (Å²) in [6.45, 7) is 59.2. The fourth-order valence-electron chi connectivity index (χ4n) is 9.63. The lowest BCUT2D eigenvalue weighted by molar-refractivity contribution is -0.117. The largest absolute Gasteiger partial charge is 0.530 e. The minimum absolute atomic E-state index is 0.0538. The van der Waals surface area contributed by atoms with Crippen LogP contribution in [-0.2, 0) is 142 Å². The molecule has 7 unspecified atom stereocenters. The van der Waals surface area contributed by atoms with Crippen LogP contribution in [-0.4, -0.2) is 64.9 Å². The lowest BCUT2D eigenvalue weighted by Crippen LogP contribution is -2.28. The van der Waals surface area contributed by atoms with Crippen LogP contribution in [0.1, 0.15) is 273 Å². The summed E-state index contributed by atoms with van der Waals surface area (Å²) >= 11 is 0. The molecule has 0 N–H and O–H groups in total. The molecule has 26 nitrogen and oxygen atoms in total. The van der Waals surface area contributed by atoms with Gasteiger partial charge in [-0.3, -0.25) is 63.5 Å². The molecule has 5 aromatic carbocycles. The molecule has 0 aromatic heterocycles. The van der Waals surface area contributed by atoms with Crippen molar-refractivity contribution in [3.8, 4) is 23.0 Å². The normalized spacial score (nSPS) is 22.9. The number of phosphoric ester groups is 5. The van der Waals surface area contributed by atoms with Crippen molar-refractivity contribution in [2.24, 2.45) is 0 Å². The number of fused-ring (bicyclic) bond motifs is 5. The number of carbonyl (C=O) groups is 2. The zero-order chi connectivity index (χ0) is 87.8. The van der Waals surface area contributed by atoms with E-state index in [1.165, 1.54) is 0 Å². The van der Waals surface area contributed by atoms with Crippen LogP contribution in [0, 0.1) is 0 Å². The van der Waals surface area contributed by atoms with Gasteiger partial charge >= 0.3 is 46.9 Å². The molecule has 650 valence electrons. The number of rotatable bonds is 12. The number of aryl methyl sites for hydroxylation is 2. The Morgan fingerprint density at radius 3 is 0.991 bits per heavy atom. The summed E-state index contributed by atoms with van der Waals surface area (Å²) in [4.78, 5) is 22.3. The number of hydrogen-bond acceptors (Lipinski definition) is 25. The average molecular weight is 1720 g/mol. The van der Waals surface area contributed by atoms with Gasteiger partial charge in [0, 0.05) is 47.7 Å². The molecular formula is C82H137NO25P6. The Morgan fingerprint density at radius 1 is 0.368 bits per heavy atom. The van der Waals surface area contributed by atoms with Crippen molar-refractivity contribution >= 4 is 64.1 Å². The van der Waals surface area contributed by atoms with Gasteiger partial charge in [0.1, 0.15) is 34.6 Å². The standard InChI is InChI=1S/2C15H21O5P.C12H18NO3P.2C11H15O4P.C8H17O4P.5C2H6/c2*1-11(16)8-9-12-6-5-7-13-10-18-21(17,19-14(12)13)20-15(2,3)4;1-12(2,3)16-17(14)13(4)11-8-6-5-7-10(11)9-15-17;2*1-11(2,3)15-16(12)13-8-9-6-4-5-7-10(9)14-16;1-7-5-6-10-13(9,11-7)12-8(2,3)4;5*1-2/h2*5-7H,8-10H2,1-4H3;5-8H,9H2,1-4H3;2*4-7H,8H2,1-3H3;7H,5-6H2,1-4H3;5*1-2H3. The first kappa shape index (κ1) is 107. The maximum Gasteiger partial charge on any atom is 0.530 e. The van der Waals surface area contributed by atoms with E-state index in [1.54, 1.807) is 121 Å². The fraction of sp³-hybridized carbons (Fsp3) is 0.610. The second-order valence-electron chi connectivity index (χ2n) is 30.8. The van der Waals surface area contributed by atoms with E-state index >= 15 is 0 Å². The molecule has 7 atom stereocenters. The number of hydrogen-bond donors (Lipinski definition) is 0. The van der Waals surface area contributed by atoms with Crippen molar-refractivity contribution in [2.75, 3.05) is 18.3 Å². The highest BCUT2D eigenvalue weighted by Gasteiger charge is 2.44. The topological polar surface area (TPSA) is 297 Å². The highest BCUT2D eigenvalue weighted by atomic mass is 31.2. The minimum atomic E-state index is -3.63.